The number of carbonyl (C=O) groups is 2. The van der Waals surface area contributed by atoms with Crippen molar-refractivity contribution in [3.8, 4) is 0 Å². The van der Waals surface area contributed by atoms with Crippen LogP contribution < -0.4 is 5.32 Å². The van der Waals surface area contributed by atoms with Gasteiger partial charge < -0.3 is 10.4 Å². The summed E-state index contributed by atoms with van der Waals surface area (Å²) in [5.74, 6) is -1.10. The van der Waals surface area contributed by atoms with Crippen LogP contribution in [0.2, 0.25) is 0 Å². The predicted molar refractivity (Wildman–Crippen MR) is 85.4 cm³/mol. The van der Waals surface area contributed by atoms with E-state index in [1.54, 1.807) is 23.5 Å². The first kappa shape index (κ1) is 16.2. The zero-order chi connectivity index (χ0) is 16.1. The molecule has 2 rings (SSSR count). The summed E-state index contributed by atoms with van der Waals surface area (Å²) in [4.78, 5) is 28.3. The lowest BCUT2D eigenvalue weighted by Crippen LogP contribution is -2.27. The maximum absolute atomic E-state index is 11.9. The van der Waals surface area contributed by atoms with Gasteiger partial charge in [0, 0.05) is 17.8 Å². The molecule has 0 saturated carbocycles. The molecule has 2 aromatic rings. The van der Waals surface area contributed by atoms with E-state index in [0.717, 1.165) is 17.1 Å². The number of aromatic nitrogens is 1. The fraction of sp³-hybridized carbons (Fsp3) is 0.312. The molecular weight excluding hydrogens is 300 g/mol. The lowest BCUT2D eigenvalue weighted by molar-refractivity contribution is -0.120. The van der Waals surface area contributed by atoms with Crippen LogP contribution in [0.5, 0.6) is 0 Å². The molecule has 0 radical (unpaired) electrons. The van der Waals surface area contributed by atoms with Crippen molar-refractivity contribution >= 4 is 23.2 Å². The summed E-state index contributed by atoms with van der Waals surface area (Å²) in [6, 6.07) is 6.44. The molecular formula is C16H18N2O3S. The third kappa shape index (κ3) is 4.39. The van der Waals surface area contributed by atoms with Crippen molar-refractivity contribution < 1.29 is 14.7 Å². The Bertz CT molecular complexity index is 694. The topological polar surface area (TPSA) is 79.3 Å². The highest BCUT2D eigenvalue weighted by molar-refractivity contribution is 7.11. The van der Waals surface area contributed by atoms with Gasteiger partial charge in [0.1, 0.15) is 0 Å². The first-order valence-electron chi connectivity index (χ1n) is 6.97. The molecule has 1 amide bonds. The summed E-state index contributed by atoms with van der Waals surface area (Å²) in [6.45, 7) is 4.49. The van der Waals surface area contributed by atoms with E-state index in [1.807, 2.05) is 13.8 Å². The second-order valence-corrected chi connectivity index (χ2v) is 6.31. The lowest BCUT2D eigenvalue weighted by atomic mass is 10.1. The molecule has 1 aromatic carbocycles. The van der Waals surface area contributed by atoms with Crippen LogP contribution in [0.3, 0.4) is 0 Å². The molecule has 1 aromatic heterocycles. The Labute approximate surface area is 133 Å². The summed E-state index contributed by atoms with van der Waals surface area (Å²) >= 11 is 1.65. The Hall–Kier alpha value is -2.21. The number of benzene rings is 1. The van der Waals surface area contributed by atoms with Crippen LogP contribution in [0.25, 0.3) is 0 Å². The van der Waals surface area contributed by atoms with E-state index in [0.29, 0.717) is 12.1 Å². The number of hydrogen-bond donors (Lipinski definition) is 2. The minimum atomic E-state index is -0.988. The molecule has 116 valence electrons. The van der Waals surface area contributed by atoms with E-state index in [-0.39, 0.29) is 17.9 Å². The zero-order valence-corrected chi connectivity index (χ0v) is 13.4. The third-order valence-corrected chi connectivity index (χ3v) is 4.35. The van der Waals surface area contributed by atoms with Crippen LogP contribution in [0, 0.1) is 13.8 Å². The molecule has 0 saturated heterocycles. The van der Waals surface area contributed by atoms with E-state index < -0.39 is 5.97 Å². The number of nitrogens with zero attached hydrogens (tertiary/aromatic N) is 1. The van der Waals surface area contributed by atoms with Gasteiger partial charge in [-0.15, -0.1) is 11.3 Å². The molecule has 5 nitrogen and oxygen atoms in total. The van der Waals surface area contributed by atoms with Gasteiger partial charge in [0.15, 0.2) is 0 Å². The van der Waals surface area contributed by atoms with Crippen molar-refractivity contribution in [2.24, 2.45) is 0 Å². The van der Waals surface area contributed by atoms with Crippen LogP contribution in [0.15, 0.2) is 24.3 Å². The van der Waals surface area contributed by atoms with Crippen LogP contribution in [-0.2, 0) is 17.6 Å². The maximum atomic E-state index is 11.9. The van der Waals surface area contributed by atoms with Gasteiger partial charge in [-0.25, -0.2) is 9.78 Å². The van der Waals surface area contributed by atoms with Gasteiger partial charge >= 0.3 is 5.97 Å². The highest BCUT2D eigenvalue weighted by atomic mass is 32.1. The van der Waals surface area contributed by atoms with Gasteiger partial charge in [0.05, 0.1) is 22.7 Å². The van der Waals surface area contributed by atoms with E-state index in [2.05, 4.69) is 10.3 Å². The number of aromatic carboxylic acids is 1. The largest absolute Gasteiger partial charge is 0.478 e. The third-order valence-electron chi connectivity index (χ3n) is 3.21. The van der Waals surface area contributed by atoms with Crippen molar-refractivity contribution in [2.75, 3.05) is 6.54 Å². The number of hydrogen-bond acceptors (Lipinski definition) is 4. The van der Waals surface area contributed by atoms with Gasteiger partial charge in [0.25, 0.3) is 0 Å². The van der Waals surface area contributed by atoms with Gasteiger partial charge in [-0.3, -0.25) is 4.79 Å². The summed E-state index contributed by atoms with van der Waals surface area (Å²) in [7, 11) is 0. The molecule has 0 unspecified atom stereocenters. The van der Waals surface area contributed by atoms with E-state index in [9.17, 15) is 9.59 Å². The number of carboxylic acid groups (broad SMARTS) is 1. The number of rotatable bonds is 6. The van der Waals surface area contributed by atoms with Crippen molar-refractivity contribution in [2.45, 2.75) is 26.7 Å². The lowest BCUT2D eigenvalue weighted by Gasteiger charge is -2.05. The Kier molecular flexibility index (Phi) is 5.27. The molecule has 0 atom stereocenters. The van der Waals surface area contributed by atoms with Crippen molar-refractivity contribution in [3.63, 3.8) is 0 Å². The fourth-order valence-electron chi connectivity index (χ4n) is 2.18. The summed E-state index contributed by atoms with van der Waals surface area (Å²) < 4.78 is 0. The average molecular weight is 318 g/mol. The second-order valence-electron chi connectivity index (χ2n) is 5.02. The van der Waals surface area contributed by atoms with Gasteiger partial charge in [-0.05, 0) is 31.5 Å². The first-order chi connectivity index (χ1) is 10.5. The normalized spacial score (nSPS) is 10.5. The Morgan fingerprint density at radius 3 is 2.73 bits per heavy atom. The minimum absolute atomic E-state index is 0.110. The van der Waals surface area contributed by atoms with E-state index >= 15 is 0 Å². The number of nitrogens with one attached hydrogen (secondary N) is 1. The number of thiazole rings is 1. The summed E-state index contributed by atoms with van der Waals surface area (Å²) in [5.41, 5.74) is 1.91. The predicted octanol–water partition coefficient (Wildman–Crippen LogP) is 2.36. The smallest absolute Gasteiger partial charge is 0.335 e. The first-order valence-corrected chi connectivity index (χ1v) is 7.79. The van der Waals surface area contributed by atoms with Crippen molar-refractivity contribution in [3.05, 3.63) is 51.0 Å². The molecule has 0 fully saturated rings. The van der Waals surface area contributed by atoms with Crippen LogP contribution in [0.4, 0.5) is 0 Å². The number of carbonyl (C=O) groups excluding carboxylic acids is 1. The van der Waals surface area contributed by atoms with Gasteiger partial charge in [0.2, 0.25) is 5.91 Å². The Morgan fingerprint density at radius 1 is 1.32 bits per heavy atom. The highest BCUT2D eigenvalue weighted by Crippen LogP contribution is 2.17. The van der Waals surface area contributed by atoms with Gasteiger partial charge in [-0.1, -0.05) is 12.1 Å². The molecule has 22 heavy (non-hydrogen) atoms. The van der Waals surface area contributed by atoms with Gasteiger partial charge in [-0.2, -0.15) is 0 Å². The Balaban J connectivity index is 1.84. The molecule has 6 heteroatoms. The van der Waals surface area contributed by atoms with Crippen LogP contribution in [0.1, 0.15) is 31.5 Å². The zero-order valence-electron chi connectivity index (χ0n) is 12.5. The molecule has 0 spiro atoms. The Morgan fingerprint density at radius 2 is 2.09 bits per heavy atom. The second kappa shape index (κ2) is 7.17. The van der Waals surface area contributed by atoms with Crippen molar-refractivity contribution in [1.29, 1.82) is 0 Å². The molecule has 0 aliphatic carbocycles. The molecule has 0 aliphatic heterocycles. The van der Waals surface area contributed by atoms with Crippen LogP contribution >= 0.6 is 11.3 Å². The summed E-state index contributed by atoms with van der Waals surface area (Å²) in [6.07, 6.45) is 0.945. The summed E-state index contributed by atoms with van der Waals surface area (Å²) in [5, 5.41) is 12.8. The quantitative estimate of drug-likeness (QED) is 0.857. The number of amides is 1. The standard InChI is InChI=1S/C16H18N2O3S/c1-10-14(22-11(2)18-10)6-7-17-15(19)9-12-4-3-5-13(8-12)16(20)21/h3-5,8H,6-7,9H2,1-2H3,(H,17,19)(H,20,21). The average Bonchev–Trinajstić information content (AvgIpc) is 2.77. The maximum Gasteiger partial charge on any atom is 0.335 e. The minimum Gasteiger partial charge on any atom is -0.478 e. The molecule has 1 heterocycles. The molecule has 0 aliphatic rings. The SMILES string of the molecule is Cc1nc(C)c(CCNC(=O)Cc2cccc(C(=O)O)c2)s1. The van der Waals surface area contributed by atoms with Crippen molar-refractivity contribution in [1.82, 2.24) is 10.3 Å². The van der Waals surface area contributed by atoms with E-state index in [1.165, 1.54) is 17.0 Å². The van der Waals surface area contributed by atoms with Crippen LogP contribution in [-0.4, -0.2) is 28.5 Å². The molecule has 2 N–H and O–H groups in total. The van der Waals surface area contributed by atoms with E-state index in [4.69, 9.17) is 5.11 Å². The molecule has 0 bridgehead atoms. The monoisotopic (exact) mass is 318 g/mol. The number of aryl methyl sites for hydroxylation is 2. The fourth-order valence-corrected chi connectivity index (χ4v) is 3.12. The highest BCUT2D eigenvalue weighted by Gasteiger charge is 2.08. The number of carboxylic acids is 1.